The van der Waals surface area contributed by atoms with Gasteiger partial charge < -0.3 is 30.3 Å². The van der Waals surface area contributed by atoms with Crippen molar-refractivity contribution in [1.29, 1.82) is 0 Å². The van der Waals surface area contributed by atoms with E-state index in [1.807, 2.05) is 60.7 Å². The fourth-order valence-corrected chi connectivity index (χ4v) is 9.43. The zero-order valence-corrected chi connectivity index (χ0v) is 26.0. The number of rotatable bonds is 9. The predicted octanol–water partition coefficient (Wildman–Crippen LogP) is 7.31. The van der Waals surface area contributed by atoms with Gasteiger partial charge in [0.05, 0.1) is 24.4 Å². The van der Waals surface area contributed by atoms with Crippen molar-refractivity contribution < 1.29 is 29.3 Å². The van der Waals surface area contributed by atoms with Crippen LogP contribution in [-0.2, 0) is 16.1 Å². The molecule has 4 saturated carbocycles. The monoisotopic (exact) mass is 628 g/mol. The number of anilines is 1. The molecule has 1 heterocycles. The summed E-state index contributed by atoms with van der Waals surface area (Å²) < 4.78 is 12.9. The highest BCUT2D eigenvalue weighted by atomic mass is 32.2. The van der Waals surface area contributed by atoms with Gasteiger partial charge in [0.15, 0.2) is 6.29 Å². The largest absolute Gasteiger partial charge is 0.478 e. The minimum absolute atomic E-state index is 0.0270. The standard InChI is InChI=1S/C36H40N2O6S/c39-20-22-5-7-26(8-6-22)31-16-29(21-45-32-4-2-1-3-30(32)33(40)41)43-34(44-31)27-9-11-28(12-10-27)37-35(42)38-36-17-23-13-24(18-36)15-25(14-23)19-36/h1-12,23-25,29,31,34,39H,13-21H2,(H,40,41)(H2,37,38,42)/t23?,24?,25?,29-,31+,34+,36?/m1/s1. The minimum atomic E-state index is -0.953. The Morgan fingerprint density at radius 1 is 0.822 bits per heavy atom. The molecule has 0 spiro atoms. The molecular formula is C36H40N2O6S. The van der Waals surface area contributed by atoms with E-state index in [4.69, 9.17) is 9.47 Å². The van der Waals surface area contributed by atoms with E-state index in [-0.39, 0.29) is 35.9 Å². The van der Waals surface area contributed by atoms with Crippen LogP contribution in [0.2, 0.25) is 0 Å². The van der Waals surface area contributed by atoms with Gasteiger partial charge in [-0.1, -0.05) is 48.5 Å². The topological polar surface area (TPSA) is 117 Å². The Balaban J connectivity index is 1.03. The third kappa shape index (κ3) is 6.77. The molecule has 0 unspecified atom stereocenters. The highest BCUT2D eigenvalue weighted by Crippen LogP contribution is 2.55. The van der Waals surface area contributed by atoms with Crippen LogP contribution in [0.1, 0.15) is 84.4 Å². The number of urea groups is 1. The number of nitrogens with one attached hydrogen (secondary N) is 2. The lowest BCUT2D eigenvalue weighted by Crippen LogP contribution is -2.60. The Labute approximate surface area is 267 Å². The third-order valence-electron chi connectivity index (χ3n) is 10.0. The van der Waals surface area contributed by atoms with Gasteiger partial charge in [0, 0.05) is 33.9 Å². The Kier molecular flexibility index (Phi) is 8.61. The van der Waals surface area contributed by atoms with Crippen LogP contribution in [0, 0.1) is 17.8 Å². The number of carboxylic acid groups (broad SMARTS) is 1. The molecule has 1 aliphatic heterocycles. The quantitative estimate of drug-likeness (QED) is 0.184. The molecular weight excluding hydrogens is 588 g/mol. The number of amides is 2. The van der Waals surface area contributed by atoms with Gasteiger partial charge in [0.25, 0.3) is 0 Å². The molecule has 4 aliphatic carbocycles. The maximum Gasteiger partial charge on any atom is 0.336 e. The lowest BCUT2D eigenvalue weighted by atomic mass is 9.53. The molecule has 9 heteroatoms. The van der Waals surface area contributed by atoms with Crippen LogP contribution < -0.4 is 10.6 Å². The molecule has 3 aromatic carbocycles. The van der Waals surface area contributed by atoms with E-state index in [2.05, 4.69) is 10.6 Å². The van der Waals surface area contributed by atoms with E-state index in [0.29, 0.717) is 22.8 Å². The molecule has 0 aromatic heterocycles. The molecule has 8 nitrogen and oxygen atoms in total. The van der Waals surface area contributed by atoms with Crippen LogP contribution >= 0.6 is 11.8 Å². The maximum absolute atomic E-state index is 13.1. The average molecular weight is 629 g/mol. The summed E-state index contributed by atoms with van der Waals surface area (Å²) in [6.45, 7) is -0.0270. The van der Waals surface area contributed by atoms with Crippen molar-refractivity contribution in [3.8, 4) is 0 Å². The summed E-state index contributed by atoms with van der Waals surface area (Å²) in [6.07, 6.45) is 6.81. The molecule has 1 saturated heterocycles. The molecule has 5 fully saturated rings. The first-order chi connectivity index (χ1) is 21.8. The van der Waals surface area contributed by atoms with E-state index >= 15 is 0 Å². The number of carboxylic acids is 1. The second-order valence-corrected chi connectivity index (χ2v) is 14.4. The maximum atomic E-state index is 13.1. The SMILES string of the molecule is O=C(Nc1ccc([C@H]2O[C@@H](CSc3ccccc3C(=O)O)C[C@@H](c3ccc(CO)cc3)O2)cc1)NC12CC3CC(CC(C3)C1)C2. The molecule has 45 heavy (non-hydrogen) atoms. The highest BCUT2D eigenvalue weighted by molar-refractivity contribution is 7.99. The smallest absolute Gasteiger partial charge is 0.336 e. The van der Waals surface area contributed by atoms with E-state index in [1.54, 1.807) is 12.1 Å². The van der Waals surface area contributed by atoms with Gasteiger partial charge in [-0.2, -0.15) is 0 Å². The van der Waals surface area contributed by atoms with Gasteiger partial charge in [-0.05, 0) is 91.7 Å². The Bertz CT molecular complexity index is 1490. The number of benzene rings is 3. The van der Waals surface area contributed by atoms with Crippen LogP contribution in [0.4, 0.5) is 10.5 Å². The Morgan fingerprint density at radius 3 is 2.11 bits per heavy atom. The first kappa shape index (κ1) is 30.3. The fraction of sp³-hybridized carbons (Fsp3) is 0.444. The zero-order valence-electron chi connectivity index (χ0n) is 25.2. The first-order valence-electron chi connectivity index (χ1n) is 16.0. The van der Waals surface area contributed by atoms with Gasteiger partial charge in [0.1, 0.15) is 0 Å². The minimum Gasteiger partial charge on any atom is -0.478 e. The number of aromatic carboxylic acids is 1. The molecule has 4 bridgehead atoms. The van der Waals surface area contributed by atoms with Crippen molar-refractivity contribution in [3.63, 3.8) is 0 Å². The molecule has 2 amide bonds. The first-order valence-corrected chi connectivity index (χ1v) is 17.0. The number of aliphatic hydroxyl groups is 1. The Hall–Kier alpha value is -3.37. The molecule has 5 aliphatic rings. The second kappa shape index (κ2) is 12.8. The van der Waals surface area contributed by atoms with Crippen LogP contribution in [0.5, 0.6) is 0 Å². The molecule has 3 atom stereocenters. The summed E-state index contributed by atoms with van der Waals surface area (Å²) in [4.78, 5) is 25.5. The summed E-state index contributed by atoms with van der Waals surface area (Å²) in [5, 5.41) is 25.5. The molecule has 3 aromatic rings. The molecule has 236 valence electrons. The van der Waals surface area contributed by atoms with Crippen molar-refractivity contribution in [3.05, 3.63) is 95.1 Å². The van der Waals surface area contributed by atoms with Crippen LogP contribution in [-0.4, -0.2) is 39.6 Å². The second-order valence-electron chi connectivity index (χ2n) is 13.4. The number of ether oxygens (including phenoxy) is 2. The van der Waals surface area contributed by atoms with Gasteiger partial charge in [0.2, 0.25) is 0 Å². The predicted molar refractivity (Wildman–Crippen MR) is 172 cm³/mol. The summed E-state index contributed by atoms with van der Waals surface area (Å²) >= 11 is 1.47. The Morgan fingerprint density at radius 2 is 1.47 bits per heavy atom. The number of carbonyl (C=O) groups is 2. The van der Waals surface area contributed by atoms with Crippen molar-refractivity contribution in [1.82, 2.24) is 5.32 Å². The van der Waals surface area contributed by atoms with Crippen molar-refractivity contribution in [2.75, 3.05) is 11.1 Å². The van der Waals surface area contributed by atoms with Crippen LogP contribution in [0.15, 0.2) is 77.7 Å². The lowest BCUT2D eigenvalue weighted by molar-refractivity contribution is -0.245. The summed E-state index contributed by atoms with van der Waals surface area (Å²) in [5.74, 6) is 1.89. The van der Waals surface area contributed by atoms with Gasteiger partial charge in [-0.3, -0.25) is 0 Å². The van der Waals surface area contributed by atoms with Crippen molar-refractivity contribution >= 4 is 29.4 Å². The molecule has 0 radical (unpaired) electrons. The van der Waals surface area contributed by atoms with Gasteiger partial charge in [-0.15, -0.1) is 11.8 Å². The number of carbonyl (C=O) groups excluding carboxylic acids is 1. The summed E-state index contributed by atoms with van der Waals surface area (Å²) in [7, 11) is 0. The van der Waals surface area contributed by atoms with Gasteiger partial charge >= 0.3 is 12.0 Å². The van der Waals surface area contributed by atoms with Crippen molar-refractivity contribution in [2.24, 2.45) is 17.8 Å². The number of hydrogen-bond donors (Lipinski definition) is 4. The van der Waals surface area contributed by atoms with E-state index in [0.717, 1.165) is 53.7 Å². The van der Waals surface area contributed by atoms with Crippen molar-refractivity contribution in [2.45, 2.75) is 80.5 Å². The van der Waals surface area contributed by atoms with E-state index in [9.17, 15) is 19.8 Å². The van der Waals surface area contributed by atoms with Crippen LogP contribution in [0.3, 0.4) is 0 Å². The third-order valence-corrected chi connectivity index (χ3v) is 11.2. The normalized spacial score (nSPS) is 30.2. The average Bonchev–Trinajstić information content (AvgIpc) is 3.03. The zero-order chi connectivity index (χ0) is 31.0. The molecule has 4 N–H and O–H groups in total. The van der Waals surface area contributed by atoms with E-state index in [1.165, 1.54) is 31.0 Å². The van der Waals surface area contributed by atoms with E-state index < -0.39 is 12.3 Å². The highest BCUT2D eigenvalue weighted by Gasteiger charge is 2.51. The van der Waals surface area contributed by atoms with Gasteiger partial charge in [-0.25, -0.2) is 9.59 Å². The lowest BCUT2D eigenvalue weighted by Gasteiger charge is -2.56. The van der Waals surface area contributed by atoms with Crippen LogP contribution in [0.25, 0.3) is 0 Å². The summed E-state index contributed by atoms with van der Waals surface area (Å²) in [5.41, 5.74) is 3.59. The number of thioether (sulfide) groups is 1. The number of aliphatic hydroxyl groups excluding tert-OH is 1. The fourth-order valence-electron chi connectivity index (χ4n) is 8.37. The number of hydrogen-bond acceptors (Lipinski definition) is 6. The molecule has 8 rings (SSSR count). The summed E-state index contributed by atoms with van der Waals surface area (Å²) in [6, 6.07) is 22.2.